The molecule has 20 heavy (non-hydrogen) atoms. The Kier molecular flexibility index (Phi) is 3.53. The Morgan fingerprint density at radius 2 is 2.10 bits per heavy atom. The molecule has 0 aliphatic carbocycles. The number of nitrogens with one attached hydrogen (secondary N) is 1. The summed E-state index contributed by atoms with van der Waals surface area (Å²) in [7, 11) is 1.91. The van der Waals surface area contributed by atoms with Crippen LogP contribution in [-0.4, -0.2) is 36.3 Å². The van der Waals surface area contributed by atoms with Gasteiger partial charge < -0.3 is 20.2 Å². The lowest BCUT2D eigenvalue weighted by Crippen LogP contribution is -2.39. The van der Waals surface area contributed by atoms with Gasteiger partial charge in [-0.15, -0.1) is 0 Å². The maximum Gasteiger partial charge on any atom is 0.129 e. The summed E-state index contributed by atoms with van der Waals surface area (Å²) in [6, 6.07) is 4.65. The molecular formula is C15H20FN3O. The number of benzene rings is 1. The molecule has 2 aliphatic rings. The van der Waals surface area contributed by atoms with Crippen LogP contribution in [-0.2, 0) is 0 Å². The van der Waals surface area contributed by atoms with Gasteiger partial charge in [-0.3, -0.25) is 0 Å². The summed E-state index contributed by atoms with van der Waals surface area (Å²) in [6.07, 6.45) is 5.03. The average Bonchev–Trinajstić information content (AvgIpc) is 3.08. The zero-order chi connectivity index (χ0) is 14.1. The molecule has 0 amide bonds. The minimum atomic E-state index is -0.703. The number of halogens is 1. The molecule has 5 heteroatoms. The Hall–Kier alpha value is -1.75. The number of likely N-dealkylation sites (N-methyl/N-ethyl adjacent to an activating group) is 1. The van der Waals surface area contributed by atoms with E-state index in [9.17, 15) is 9.50 Å². The van der Waals surface area contributed by atoms with Gasteiger partial charge in [-0.2, -0.15) is 0 Å². The maximum absolute atomic E-state index is 13.6. The summed E-state index contributed by atoms with van der Waals surface area (Å²) < 4.78 is 13.6. The van der Waals surface area contributed by atoms with Crippen LogP contribution in [0.25, 0.3) is 0 Å². The third-order valence-corrected chi connectivity index (χ3v) is 4.07. The number of anilines is 1. The van der Waals surface area contributed by atoms with Gasteiger partial charge in [-0.1, -0.05) is 6.07 Å². The Balaban J connectivity index is 1.91. The van der Waals surface area contributed by atoms with Gasteiger partial charge in [-0.05, 0) is 25.0 Å². The Morgan fingerprint density at radius 1 is 1.35 bits per heavy atom. The van der Waals surface area contributed by atoms with E-state index < -0.39 is 6.10 Å². The number of nitrogens with zero attached hydrogens (tertiary/aromatic N) is 2. The van der Waals surface area contributed by atoms with E-state index in [0.29, 0.717) is 0 Å². The number of aliphatic hydroxyl groups is 1. The molecule has 1 saturated heterocycles. The number of hydrogen-bond donors (Lipinski definition) is 2. The van der Waals surface area contributed by atoms with E-state index in [1.807, 2.05) is 24.3 Å². The predicted molar refractivity (Wildman–Crippen MR) is 76.6 cm³/mol. The van der Waals surface area contributed by atoms with Crippen LogP contribution in [0.2, 0.25) is 0 Å². The van der Waals surface area contributed by atoms with Crippen LogP contribution in [0.5, 0.6) is 0 Å². The molecule has 1 aromatic carbocycles. The standard InChI is InChI=1S/C15H20FN3O/c1-18-9-6-17-15(18)14(20)12-5-4-11(16)10-13(12)19-7-2-3-8-19/h4-6,9-10,14-15,17,20H,2-3,7-8H2,1H3. The van der Waals surface area contributed by atoms with Crippen molar-refractivity contribution in [1.82, 2.24) is 10.2 Å². The van der Waals surface area contributed by atoms with E-state index in [2.05, 4.69) is 10.2 Å². The molecule has 3 rings (SSSR count). The minimum Gasteiger partial charge on any atom is -0.384 e. The van der Waals surface area contributed by atoms with Gasteiger partial charge in [0.05, 0.1) is 0 Å². The van der Waals surface area contributed by atoms with Crippen molar-refractivity contribution in [2.45, 2.75) is 25.1 Å². The molecule has 1 aromatic rings. The normalized spacial score (nSPS) is 23.2. The second-order valence-corrected chi connectivity index (χ2v) is 5.43. The van der Waals surface area contributed by atoms with Gasteiger partial charge in [0.2, 0.25) is 0 Å². The van der Waals surface area contributed by atoms with Gasteiger partial charge in [0.1, 0.15) is 18.1 Å². The SMILES string of the molecule is CN1C=CNC1C(O)c1ccc(F)cc1N1CCCC1. The highest BCUT2D eigenvalue weighted by Crippen LogP contribution is 2.32. The van der Waals surface area contributed by atoms with Crippen LogP contribution in [0.1, 0.15) is 24.5 Å². The molecule has 0 saturated carbocycles. The molecule has 0 radical (unpaired) electrons. The maximum atomic E-state index is 13.6. The zero-order valence-electron chi connectivity index (χ0n) is 11.6. The van der Waals surface area contributed by atoms with Crippen molar-refractivity contribution in [2.24, 2.45) is 0 Å². The van der Waals surface area contributed by atoms with E-state index in [-0.39, 0.29) is 12.0 Å². The molecule has 0 spiro atoms. The van der Waals surface area contributed by atoms with Crippen LogP contribution < -0.4 is 10.2 Å². The summed E-state index contributed by atoms with van der Waals surface area (Å²) >= 11 is 0. The van der Waals surface area contributed by atoms with Crippen molar-refractivity contribution in [3.8, 4) is 0 Å². The fourth-order valence-electron chi connectivity index (χ4n) is 2.95. The first-order valence-corrected chi connectivity index (χ1v) is 7.04. The van der Waals surface area contributed by atoms with E-state index >= 15 is 0 Å². The second-order valence-electron chi connectivity index (χ2n) is 5.43. The number of aliphatic hydroxyl groups excluding tert-OH is 1. The Morgan fingerprint density at radius 3 is 2.75 bits per heavy atom. The van der Waals surface area contributed by atoms with Crippen LogP contribution in [0.15, 0.2) is 30.6 Å². The molecule has 2 N–H and O–H groups in total. The Bertz CT molecular complexity index is 514. The smallest absolute Gasteiger partial charge is 0.129 e. The van der Waals surface area contributed by atoms with Crippen molar-refractivity contribution < 1.29 is 9.50 Å². The van der Waals surface area contributed by atoms with Crippen LogP contribution in [0.4, 0.5) is 10.1 Å². The number of hydrogen-bond acceptors (Lipinski definition) is 4. The minimum absolute atomic E-state index is 0.207. The zero-order valence-corrected chi connectivity index (χ0v) is 11.6. The van der Waals surface area contributed by atoms with Gasteiger partial charge >= 0.3 is 0 Å². The summed E-state index contributed by atoms with van der Waals surface area (Å²) in [5, 5.41) is 13.7. The topological polar surface area (TPSA) is 38.7 Å². The van der Waals surface area contributed by atoms with Gasteiger partial charge in [0.15, 0.2) is 0 Å². The fourth-order valence-corrected chi connectivity index (χ4v) is 2.95. The summed E-state index contributed by atoms with van der Waals surface area (Å²) in [5.41, 5.74) is 1.60. The molecule has 2 aliphatic heterocycles. The lowest BCUT2D eigenvalue weighted by atomic mass is 10.0. The molecular weight excluding hydrogens is 257 g/mol. The predicted octanol–water partition coefficient (Wildman–Crippen LogP) is 1.79. The van der Waals surface area contributed by atoms with E-state index in [1.54, 1.807) is 6.07 Å². The molecule has 2 atom stereocenters. The molecule has 4 nitrogen and oxygen atoms in total. The van der Waals surface area contributed by atoms with Crippen molar-refractivity contribution in [1.29, 1.82) is 0 Å². The molecule has 2 heterocycles. The summed E-state index contributed by atoms with van der Waals surface area (Å²) in [4.78, 5) is 4.08. The quantitative estimate of drug-likeness (QED) is 0.883. The van der Waals surface area contributed by atoms with E-state index in [1.165, 1.54) is 12.1 Å². The third-order valence-electron chi connectivity index (χ3n) is 4.07. The van der Waals surface area contributed by atoms with Crippen molar-refractivity contribution >= 4 is 5.69 Å². The van der Waals surface area contributed by atoms with E-state index in [0.717, 1.165) is 37.2 Å². The van der Waals surface area contributed by atoms with Gasteiger partial charge in [0.25, 0.3) is 0 Å². The average molecular weight is 277 g/mol. The Labute approximate surface area is 118 Å². The van der Waals surface area contributed by atoms with Crippen LogP contribution in [0, 0.1) is 5.82 Å². The first-order valence-electron chi connectivity index (χ1n) is 7.04. The highest BCUT2D eigenvalue weighted by atomic mass is 19.1. The fraction of sp³-hybridized carbons (Fsp3) is 0.467. The second kappa shape index (κ2) is 5.32. The molecule has 0 aromatic heterocycles. The monoisotopic (exact) mass is 277 g/mol. The summed E-state index contributed by atoms with van der Waals surface area (Å²) in [5.74, 6) is -0.256. The first kappa shape index (κ1) is 13.2. The van der Waals surface area contributed by atoms with E-state index in [4.69, 9.17) is 0 Å². The first-order chi connectivity index (χ1) is 9.66. The van der Waals surface area contributed by atoms with Crippen molar-refractivity contribution in [2.75, 3.05) is 25.0 Å². The molecule has 2 unspecified atom stereocenters. The van der Waals surface area contributed by atoms with Crippen molar-refractivity contribution in [3.05, 3.63) is 42.0 Å². The van der Waals surface area contributed by atoms with Gasteiger partial charge in [0, 0.05) is 43.8 Å². The van der Waals surface area contributed by atoms with Crippen molar-refractivity contribution in [3.63, 3.8) is 0 Å². The largest absolute Gasteiger partial charge is 0.384 e. The van der Waals surface area contributed by atoms with Crippen LogP contribution in [0.3, 0.4) is 0 Å². The third kappa shape index (κ3) is 2.33. The molecule has 0 bridgehead atoms. The highest BCUT2D eigenvalue weighted by Gasteiger charge is 2.29. The summed E-state index contributed by atoms with van der Waals surface area (Å²) in [6.45, 7) is 1.85. The van der Waals surface area contributed by atoms with Crippen LogP contribution >= 0.6 is 0 Å². The lowest BCUT2D eigenvalue weighted by Gasteiger charge is -2.30. The highest BCUT2D eigenvalue weighted by molar-refractivity contribution is 5.56. The van der Waals surface area contributed by atoms with Gasteiger partial charge in [-0.25, -0.2) is 4.39 Å². The molecule has 108 valence electrons. The lowest BCUT2D eigenvalue weighted by molar-refractivity contribution is 0.0832. The molecule has 1 fully saturated rings. The number of rotatable bonds is 3.